The summed E-state index contributed by atoms with van der Waals surface area (Å²) < 4.78 is 1.71. The third kappa shape index (κ3) is 4.02. The zero-order chi connectivity index (χ0) is 12.5. The van der Waals surface area contributed by atoms with Gasteiger partial charge in [0.05, 0.1) is 11.3 Å². The van der Waals surface area contributed by atoms with E-state index in [4.69, 9.17) is 5.73 Å². The summed E-state index contributed by atoms with van der Waals surface area (Å²) in [5.41, 5.74) is 7.66. The molecular weight excluding hydrogens is 240 g/mol. The van der Waals surface area contributed by atoms with Crippen molar-refractivity contribution in [1.82, 2.24) is 15.1 Å². The molecule has 0 aliphatic heterocycles. The number of hydrogen-bond donors (Lipinski definition) is 2. The maximum absolute atomic E-state index is 11.9. The Labute approximate surface area is 108 Å². The molecule has 0 unspecified atom stereocenters. The van der Waals surface area contributed by atoms with Crippen LogP contribution in [0.25, 0.3) is 0 Å². The Hall–Kier alpha value is -1.07. The molecule has 0 fully saturated rings. The number of nitrogens with zero attached hydrogens (tertiary/aromatic N) is 2. The summed E-state index contributed by atoms with van der Waals surface area (Å²) in [7, 11) is 1.83. The molecule has 0 bridgehead atoms. The zero-order valence-corrected chi connectivity index (χ0v) is 11.8. The minimum absolute atomic E-state index is 0. The number of hydrogen-bond acceptors (Lipinski definition) is 3. The maximum atomic E-state index is 11.9. The third-order valence-corrected chi connectivity index (χ3v) is 2.44. The molecule has 0 aliphatic carbocycles. The number of nitrogens with two attached hydrogens (primary N) is 1. The lowest BCUT2D eigenvalue weighted by Gasteiger charge is -2.18. The van der Waals surface area contributed by atoms with Crippen molar-refractivity contribution in [2.75, 3.05) is 6.54 Å². The topological polar surface area (TPSA) is 72.9 Å². The van der Waals surface area contributed by atoms with Crippen LogP contribution < -0.4 is 11.1 Å². The highest BCUT2D eigenvalue weighted by Crippen LogP contribution is 2.11. The van der Waals surface area contributed by atoms with Crippen LogP contribution in [-0.2, 0) is 7.05 Å². The van der Waals surface area contributed by atoms with Gasteiger partial charge in [0.25, 0.3) is 5.91 Å². The third-order valence-electron chi connectivity index (χ3n) is 2.44. The van der Waals surface area contributed by atoms with E-state index in [1.165, 1.54) is 0 Å². The lowest BCUT2D eigenvalue weighted by molar-refractivity contribution is 0.0944. The highest BCUT2D eigenvalue weighted by molar-refractivity contribution is 5.96. The van der Waals surface area contributed by atoms with E-state index in [1.807, 2.05) is 34.7 Å². The molecule has 1 rings (SSSR count). The van der Waals surface area contributed by atoms with Crippen molar-refractivity contribution in [3.63, 3.8) is 0 Å². The van der Waals surface area contributed by atoms with Crippen LogP contribution >= 0.6 is 12.4 Å². The van der Waals surface area contributed by atoms with E-state index < -0.39 is 5.54 Å². The second kappa shape index (κ2) is 5.51. The molecule has 0 aliphatic rings. The number of aryl methyl sites for hydroxylation is 2. The van der Waals surface area contributed by atoms with Crippen molar-refractivity contribution in [2.24, 2.45) is 12.8 Å². The van der Waals surface area contributed by atoms with Gasteiger partial charge in [-0.15, -0.1) is 12.4 Å². The SMILES string of the molecule is Cc1nn(C)c(C)c1C(=O)NCC(C)(C)N.Cl. The summed E-state index contributed by atoms with van der Waals surface area (Å²) in [6.07, 6.45) is 0. The first-order valence-electron chi connectivity index (χ1n) is 5.29. The normalized spacial score (nSPS) is 10.9. The van der Waals surface area contributed by atoms with Crippen LogP contribution in [0.2, 0.25) is 0 Å². The van der Waals surface area contributed by atoms with Crippen LogP contribution in [0.5, 0.6) is 0 Å². The molecule has 1 aromatic rings. The van der Waals surface area contributed by atoms with Crippen LogP contribution in [0.4, 0.5) is 0 Å². The molecule has 1 heterocycles. The summed E-state index contributed by atoms with van der Waals surface area (Å²) >= 11 is 0. The Balaban J connectivity index is 0.00000256. The summed E-state index contributed by atoms with van der Waals surface area (Å²) in [4.78, 5) is 11.9. The minimum atomic E-state index is -0.403. The molecular formula is C11H21ClN4O. The van der Waals surface area contributed by atoms with Gasteiger partial charge in [0.15, 0.2) is 0 Å². The lowest BCUT2D eigenvalue weighted by atomic mass is 10.1. The van der Waals surface area contributed by atoms with E-state index in [1.54, 1.807) is 4.68 Å². The fourth-order valence-corrected chi connectivity index (χ4v) is 1.50. The van der Waals surface area contributed by atoms with E-state index >= 15 is 0 Å². The first kappa shape index (κ1) is 15.9. The van der Waals surface area contributed by atoms with Crippen LogP contribution in [0.15, 0.2) is 0 Å². The Morgan fingerprint density at radius 2 is 2.00 bits per heavy atom. The number of amides is 1. The molecule has 1 aromatic heterocycles. The summed E-state index contributed by atoms with van der Waals surface area (Å²) in [6.45, 7) is 7.89. The molecule has 0 saturated heterocycles. The van der Waals surface area contributed by atoms with Crippen molar-refractivity contribution < 1.29 is 4.79 Å². The fourth-order valence-electron chi connectivity index (χ4n) is 1.50. The number of nitrogens with one attached hydrogen (secondary N) is 1. The van der Waals surface area contributed by atoms with Crippen LogP contribution in [0, 0.1) is 13.8 Å². The lowest BCUT2D eigenvalue weighted by Crippen LogP contribution is -2.45. The second-order valence-corrected chi connectivity index (χ2v) is 4.84. The Morgan fingerprint density at radius 3 is 2.35 bits per heavy atom. The fraction of sp³-hybridized carbons (Fsp3) is 0.636. The van der Waals surface area contributed by atoms with E-state index in [0.717, 1.165) is 11.4 Å². The number of halogens is 1. The van der Waals surface area contributed by atoms with Gasteiger partial charge in [0.2, 0.25) is 0 Å². The first-order chi connectivity index (χ1) is 7.22. The van der Waals surface area contributed by atoms with Crippen LogP contribution in [0.3, 0.4) is 0 Å². The van der Waals surface area contributed by atoms with Crippen molar-refractivity contribution in [3.8, 4) is 0 Å². The molecule has 1 amide bonds. The van der Waals surface area contributed by atoms with Crippen LogP contribution in [0.1, 0.15) is 35.6 Å². The van der Waals surface area contributed by atoms with Crippen molar-refractivity contribution in [3.05, 3.63) is 17.0 Å². The van der Waals surface area contributed by atoms with Crippen molar-refractivity contribution in [1.29, 1.82) is 0 Å². The highest BCUT2D eigenvalue weighted by atomic mass is 35.5. The number of carbonyl (C=O) groups is 1. The van der Waals surface area contributed by atoms with Crippen molar-refractivity contribution >= 4 is 18.3 Å². The van der Waals surface area contributed by atoms with Gasteiger partial charge in [-0.1, -0.05) is 0 Å². The van der Waals surface area contributed by atoms with Crippen molar-refractivity contribution in [2.45, 2.75) is 33.2 Å². The molecule has 5 nitrogen and oxygen atoms in total. The van der Waals surface area contributed by atoms with E-state index in [0.29, 0.717) is 12.1 Å². The Morgan fingerprint density at radius 1 is 1.47 bits per heavy atom. The molecule has 0 atom stereocenters. The largest absolute Gasteiger partial charge is 0.350 e. The molecule has 98 valence electrons. The van der Waals surface area contributed by atoms with Gasteiger partial charge in [0, 0.05) is 24.8 Å². The average Bonchev–Trinajstić information content (AvgIpc) is 2.36. The van der Waals surface area contributed by atoms with E-state index in [2.05, 4.69) is 10.4 Å². The second-order valence-electron chi connectivity index (χ2n) is 4.84. The minimum Gasteiger partial charge on any atom is -0.350 e. The van der Waals surface area contributed by atoms with Crippen LogP contribution in [-0.4, -0.2) is 27.8 Å². The predicted molar refractivity (Wildman–Crippen MR) is 70.5 cm³/mol. The molecule has 0 radical (unpaired) electrons. The van der Waals surface area contributed by atoms with Gasteiger partial charge in [-0.3, -0.25) is 9.48 Å². The first-order valence-corrected chi connectivity index (χ1v) is 5.29. The molecule has 0 saturated carbocycles. The van der Waals surface area contributed by atoms with Gasteiger partial charge in [-0.2, -0.15) is 5.10 Å². The smallest absolute Gasteiger partial charge is 0.255 e. The zero-order valence-electron chi connectivity index (χ0n) is 11.0. The standard InChI is InChI=1S/C11H20N4O.ClH/c1-7-9(8(2)15(5)14-7)10(16)13-6-11(3,4)12;/h6,12H2,1-5H3,(H,13,16);1H. The van der Waals surface area contributed by atoms with Gasteiger partial charge in [-0.05, 0) is 27.7 Å². The average molecular weight is 261 g/mol. The quantitative estimate of drug-likeness (QED) is 0.849. The summed E-state index contributed by atoms with van der Waals surface area (Å²) in [6, 6.07) is 0. The Bertz CT molecular complexity index is 406. The maximum Gasteiger partial charge on any atom is 0.255 e. The molecule has 6 heteroatoms. The molecule has 17 heavy (non-hydrogen) atoms. The monoisotopic (exact) mass is 260 g/mol. The number of aromatic nitrogens is 2. The molecule has 0 aromatic carbocycles. The Kier molecular flexibility index (Phi) is 5.16. The summed E-state index contributed by atoms with van der Waals surface area (Å²) in [5.74, 6) is -0.110. The van der Waals surface area contributed by atoms with Gasteiger partial charge >= 0.3 is 0 Å². The molecule has 3 N–H and O–H groups in total. The summed E-state index contributed by atoms with van der Waals surface area (Å²) in [5, 5.41) is 7.02. The molecule has 0 spiro atoms. The van der Waals surface area contributed by atoms with Gasteiger partial charge in [-0.25, -0.2) is 0 Å². The van der Waals surface area contributed by atoms with Gasteiger partial charge < -0.3 is 11.1 Å². The van der Waals surface area contributed by atoms with Gasteiger partial charge in [0.1, 0.15) is 0 Å². The van der Waals surface area contributed by atoms with E-state index in [9.17, 15) is 4.79 Å². The predicted octanol–water partition coefficient (Wildman–Crippen LogP) is 0.926. The highest BCUT2D eigenvalue weighted by Gasteiger charge is 2.19. The number of rotatable bonds is 3. The number of carbonyl (C=O) groups excluding carboxylic acids is 1. The van der Waals surface area contributed by atoms with E-state index in [-0.39, 0.29) is 18.3 Å².